The van der Waals surface area contributed by atoms with Crippen molar-refractivity contribution in [2.24, 2.45) is 5.10 Å². The van der Waals surface area contributed by atoms with Crippen LogP contribution in [0.1, 0.15) is 40.6 Å². The van der Waals surface area contributed by atoms with Crippen molar-refractivity contribution >= 4 is 6.21 Å². The first-order chi connectivity index (χ1) is 11.7. The van der Waals surface area contributed by atoms with Gasteiger partial charge in [-0.15, -0.1) is 0 Å². The molecule has 2 atom stereocenters. The van der Waals surface area contributed by atoms with Crippen LogP contribution in [0.3, 0.4) is 0 Å². The average molecular weight is 312 g/mol. The first-order valence-electron chi connectivity index (χ1n) is 8.01. The fourth-order valence-electron chi connectivity index (χ4n) is 3.85. The van der Waals surface area contributed by atoms with E-state index in [4.69, 9.17) is 0 Å². The van der Waals surface area contributed by atoms with Gasteiger partial charge in [-0.3, -0.25) is 5.01 Å². The van der Waals surface area contributed by atoms with Crippen LogP contribution in [-0.4, -0.2) is 16.8 Å². The lowest BCUT2D eigenvalue weighted by molar-refractivity contribution is 0.183. The van der Waals surface area contributed by atoms with E-state index in [9.17, 15) is 10.5 Å². The van der Waals surface area contributed by atoms with Gasteiger partial charge in [0, 0.05) is 5.92 Å². The third-order valence-corrected chi connectivity index (χ3v) is 5.12. The molecule has 0 radical (unpaired) electrons. The van der Waals surface area contributed by atoms with Crippen LogP contribution in [0.15, 0.2) is 53.6 Å². The summed E-state index contributed by atoms with van der Waals surface area (Å²) in [6.07, 6.45) is 2.46. The van der Waals surface area contributed by atoms with Crippen LogP contribution < -0.4 is 0 Å². The molecule has 24 heavy (non-hydrogen) atoms. The minimum atomic E-state index is -1.27. The number of fused-ring (bicyclic) bond motifs is 3. The van der Waals surface area contributed by atoms with E-state index in [-0.39, 0.29) is 12.0 Å². The second kappa shape index (κ2) is 5.22. The fourth-order valence-corrected chi connectivity index (χ4v) is 3.85. The standard InChI is InChI=1S/C20H16N4/c1-14-6-8-15(9-7-14)18-10-19-17-5-3-2-4-16(17)11-23-24(19)20(18,12-21)13-22/h2-9,11,18-19H,10H2,1H3/t18-,19-/m1/s1. The highest BCUT2D eigenvalue weighted by Crippen LogP contribution is 2.52. The Hall–Kier alpha value is -3.11. The summed E-state index contributed by atoms with van der Waals surface area (Å²) in [6, 6.07) is 20.7. The first kappa shape index (κ1) is 14.5. The second-order valence-corrected chi connectivity index (χ2v) is 6.42. The van der Waals surface area contributed by atoms with Crippen molar-refractivity contribution in [1.29, 1.82) is 10.5 Å². The number of hydrazone groups is 1. The van der Waals surface area contributed by atoms with Gasteiger partial charge in [0.2, 0.25) is 5.54 Å². The van der Waals surface area contributed by atoms with Crippen LogP contribution in [0.2, 0.25) is 0 Å². The Kier molecular flexibility index (Phi) is 3.15. The van der Waals surface area contributed by atoms with Crippen molar-refractivity contribution in [2.75, 3.05) is 0 Å². The monoisotopic (exact) mass is 312 g/mol. The summed E-state index contributed by atoms with van der Waals surface area (Å²) >= 11 is 0. The summed E-state index contributed by atoms with van der Waals surface area (Å²) in [5, 5.41) is 26.0. The number of nitriles is 2. The number of aryl methyl sites for hydroxylation is 1. The smallest absolute Gasteiger partial charge is 0.236 e. The molecule has 1 fully saturated rings. The Labute approximate surface area is 141 Å². The summed E-state index contributed by atoms with van der Waals surface area (Å²) in [4.78, 5) is 0. The predicted molar refractivity (Wildman–Crippen MR) is 91.1 cm³/mol. The van der Waals surface area contributed by atoms with E-state index in [1.54, 1.807) is 11.2 Å². The molecule has 116 valence electrons. The Balaban J connectivity index is 1.86. The van der Waals surface area contributed by atoms with E-state index >= 15 is 0 Å². The Morgan fingerprint density at radius 2 is 1.79 bits per heavy atom. The van der Waals surface area contributed by atoms with Gasteiger partial charge in [0.15, 0.2) is 0 Å². The summed E-state index contributed by atoms with van der Waals surface area (Å²) in [7, 11) is 0. The zero-order valence-electron chi connectivity index (χ0n) is 13.3. The molecule has 4 rings (SSSR count). The summed E-state index contributed by atoms with van der Waals surface area (Å²) in [5.41, 5.74) is 3.11. The zero-order valence-corrected chi connectivity index (χ0v) is 13.3. The molecule has 1 saturated heterocycles. The van der Waals surface area contributed by atoms with Gasteiger partial charge in [-0.1, -0.05) is 54.1 Å². The normalized spacial score (nSPS) is 23.0. The molecule has 0 spiro atoms. The summed E-state index contributed by atoms with van der Waals surface area (Å²) in [6.45, 7) is 2.03. The molecule has 2 aromatic carbocycles. The van der Waals surface area contributed by atoms with Crippen molar-refractivity contribution in [2.45, 2.75) is 30.8 Å². The lowest BCUT2D eigenvalue weighted by Crippen LogP contribution is -2.43. The number of benzene rings is 2. The lowest BCUT2D eigenvalue weighted by Gasteiger charge is -2.33. The van der Waals surface area contributed by atoms with E-state index in [0.717, 1.165) is 22.3 Å². The topological polar surface area (TPSA) is 63.2 Å². The van der Waals surface area contributed by atoms with Crippen molar-refractivity contribution in [3.05, 3.63) is 70.8 Å². The fraction of sp³-hybridized carbons (Fsp3) is 0.250. The van der Waals surface area contributed by atoms with Crippen LogP contribution in [0.4, 0.5) is 0 Å². The largest absolute Gasteiger partial charge is 0.255 e. The van der Waals surface area contributed by atoms with Gasteiger partial charge in [-0.2, -0.15) is 15.6 Å². The van der Waals surface area contributed by atoms with Crippen molar-refractivity contribution in [1.82, 2.24) is 5.01 Å². The summed E-state index contributed by atoms with van der Waals surface area (Å²) in [5.74, 6) is -0.193. The van der Waals surface area contributed by atoms with Crippen LogP contribution in [-0.2, 0) is 0 Å². The number of hydrogen-bond acceptors (Lipinski definition) is 4. The van der Waals surface area contributed by atoms with Gasteiger partial charge in [-0.25, -0.2) is 0 Å². The van der Waals surface area contributed by atoms with Gasteiger partial charge < -0.3 is 0 Å². The molecule has 0 amide bonds. The molecule has 4 heteroatoms. The minimum absolute atomic E-state index is 0.0446. The molecule has 2 aliphatic rings. The maximum Gasteiger partial charge on any atom is 0.236 e. The molecule has 2 heterocycles. The Morgan fingerprint density at radius 3 is 2.50 bits per heavy atom. The average Bonchev–Trinajstić information content (AvgIpc) is 2.97. The maximum atomic E-state index is 9.90. The summed E-state index contributed by atoms with van der Waals surface area (Å²) < 4.78 is 0. The highest BCUT2D eigenvalue weighted by molar-refractivity contribution is 5.83. The van der Waals surface area contributed by atoms with Gasteiger partial charge in [0.25, 0.3) is 0 Å². The molecule has 0 bridgehead atoms. The van der Waals surface area contributed by atoms with Crippen molar-refractivity contribution in [3.8, 4) is 12.1 Å². The Bertz CT molecular complexity index is 884. The molecule has 2 aromatic rings. The molecule has 0 saturated carbocycles. The van der Waals surface area contributed by atoms with E-state index in [1.165, 1.54) is 0 Å². The molecule has 0 unspecified atom stereocenters. The van der Waals surface area contributed by atoms with Crippen molar-refractivity contribution in [3.63, 3.8) is 0 Å². The quantitative estimate of drug-likeness (QED) is 0.807. The lowest BCUT2D eigenvalue weighted by atomic mass is 9.81. The second-order valence-electron chi connectivity index (χ2n) is 6.42. The Morgan fingerprint density at radius 1 is 1.08 bits per heavy atom. The maximum absolute atomic E-state index is 9.90. The first-order valence-corrected chi connectivity index (χ1v) is 8.01. The molecule has 2 aliphatic heterocycles. The third kappa shape index (κ3) is 1.87. The predicted octanol–water partition coefficient (Wildman–Crippen LogP) is 3.66. The number of nitrogens with zero attached hydrogens (tertiary/aromatic N) is 4. The van der Waals surface area contributed by atoms with E-state index in [1.807, 2.05) is 49.4 Å². The van der Waals surface area contributed by atoms with Gasteiger partial charge in [0.1, 0.15) is 12.1 Å². The highest BCUT2D eigenvalue weighted by Gasteiger charge is 2.56. The molecular weight excluding hydrogens is 296 g/mol. The third-order valence-electron chi connectivity index (χ3n) is 5.12. The molecular formula is C20H16N4. The van der Waals surface area contributed by atoms with Crippen LogP contribution in [0, 0.1) is 29.6 Å². The van der Waals surface area contributed by atoms with Crippen LogP contribution in [0.25, 0.3) is 0 Å². The van der Waals surface area contributed by atoms with Gasteiger partial charge in [0.05, 0.1) is 12.3 Å². The van der Waals surface area contributed by atoms with Crippen LogP contribution in [0.5, 0.6) is 0 Å². The van der Waals surface area contributed by atoms with E-state index < -0.39 is 5.54 Å². The SMILES string of the molecule is Cc1ccc([C@H]2C[C@@H]3c4ccccc4C=NN3C2(C#N)C#N)cc1. The van der Waals surface area contributed by atoms with E-state index in [0.29, 0.717) is 6.42 Å². The highest BCUT2D eigenvalue weighted by atomic mass is 15.5. The van der Waals surface area contributed by atoms with Crippen LogP contribution >= 0.6 is 0 Å². The zero-order chi connectivity index (χ0) is 16.7. The van der Waals surface area contributed by atoms with Crippen molar-refractivity contribution < 1.29 is 0 Å². The van der Waals surface area contributed by atoms with Gasteiger partial charge >= 0.3 is 0 Å². The van der Waals surface area contributed by atoms with Gasteiger partial charge in [-0.05, 0) is 30.0 Å². The molecule has 0 aromatic heterocycles. The number of rotatable bonds is 1. The van der Waals surface area contributed by atoms with E-state index in [2.05, 4.69) is 23.3 Å². The minimum Gasteiger partial charge on any atom is -0.255 e. The number of hydrogen-bond donors (Lipinski definition) is 0. The molecule has 4 nitrogen and oxygen atoms in total. The molecule has 0 aliphatic carbocycles. The molecule has 0 N–H and O–H groups in total.